The van der Waals surface area contributed by atoms with Crippen molar-refractivity contribution in [3.63, 3.8) is 0 Å². The number of hydrogen-bond acceptors (Lipinski definition) is 2. The van der Waals surface area contributed by atoms with E-state index in [-0.39, 0.29) is 29.3 Å². The molecule has 0 aromatic heterocycles. The summed E-state index contributed by atoms with van der Waals surface area (Å²) >= 11 is 0. The van der Waals surface area contributed by atoms with Crippen LogP contribution in [0, 0.1) is 12.8 Å². The van der Waals surface area contributed by atoms with Gasteiger partial charge in [-0.05, 0) is 56.6 Å². The summed E-state index contributed by atoms with van der Waals surface area (Å²) in [5, 5.41) is 8.87. The normalized spacial score (nSPS) is 24.2. The van der Waals surface area contributed by atoms with E-state index in [1.807, 2.05) is 0 Å². The molecule has 3 amide bonds. The van der Waals surface area contributed by atoms with Crippen LogP contribution in [0.25, 0.3) is 0 Å². The van der Waals surface area contributed by atoms with Gasteiger partial charge in [0.25, 0.3) is 0 Å². The molecule has 2 aliphatic rings. The highest BCUT2D eigenvalue weighted by Gasteiger charge is 2.45. The molecule has 2 aliphatic carbocycles. The average Bonchev–Trinajstić information content (AvgIpc) is 3.41. The molecule has 0 bridgehead atoms. The summed E-state index contributed by atoms with van der Waals surface area (Å²) in [6, 6.07) is 8.55. The summed E-state index contributed by atoms with van der Waals surface area (Å²) in [6.07, 6.45) is 5.70. The second-order valence-corrected chi connectivity index (χ2v) is 7.59. The molecular weight excluding hydrogens is 314 g/mol. The van der Waals surface area contributed by atoms with Gasteiger partial charge in [0, 0.05) is 31.0 Å². The molecule has 3 N–H and O–H groups in total. The van der Waals surface area contributed by atoms with E-state index in [0.29, 0.717) is 6.54 Å². The van der Waals surface area contributed by atoms with Crippen molar-refractivity contribution in [3.05, 3.63) is 35.4 Å². The quantitative estimate of drug-likeness (QED) is 0.769. The zero-order valence-corrected chi connectivity index (χ0v) is 15.2. The van der Waals surface area contributed by atoms with Crippen molar-refractivity contribution in [2.45, 2.75) is 56.9 Å². The Hall–Kier alpha value is -2.04. The molecule has 2 saturated carbocycles. The van der Waals surface area contributed by atoms with Crippen LogP contribution in [0.2, 0.25) is 0 Å². The summed E-state index contributed by atoms with van der Waals surface area (Å²) in [5.41, 5.74) is 2.79. The van der Waals surface area contributed by atoms with Crippen LogP contribution >= 0.6 is 0 Å². The van der Waals surface area contributed by atoms with Crippen molar-refractivity contribution in [2.75, 3.05) is 13.6 Å². The number of carbonyl (C=O) groups excluding carboxylic acids is 2. The lowest BCUT2D eigenvalue weighted by Gasteiger charge is -2.28. The summed E-state index contributed by atoms with van der Waals surface area (Å²) in [4.78, 5) is 23.9. The standard InChI is InChI=1S/C20H29N3O2/c1-14-5-3-4-6-17(14)20(11-12-20)13-22-19(25)23-16-9-7-15(8-10-16)18(24)21-2/h3-6,15-16H,7-13H2,1-2H3,(H,21,24)(H2,22,23,25). The number of aryl methyl sites for hydroxylation is 1. The molecule has 0 saturated heterocycles. The predicted octanol–water partition coefficient (Wildman–Crippen LogP) is 2.63. The molecule has 0 aliphatic heterocycles. The summed E-state index contributed by atoms with van der Waals surface area (Å²) < 4.78 is 0. The Kier molecular flexibility index (Phi) is 5.30. The van der Waals surface area contributed by atoms with E-state index in [4.69, 9.17) is 0 Å². The van der Waals surface area contributed by atoms with Crippen molar-refractivity contribution in [3.8, 4) is 0 Å². The van der Waals surface area contributed by atoms with Gasteiger partial charge in [0.05, 0.1) is 0 Å². The maximum absolute atomic E-state index is 12.3. The molecule has 25 heavy (non-hydrogen) atoms. The Bertz CT molecular complexity index is 632. The molecule has 0 atom stereocenters. The first-order valence-corrected chi connectivity index (χ1v) is 9.36. The highest BCUT2D eigenvalue weighted by atomic mass is 16.2. The van der Waals surface area contributed by atoms with Crippen LogP contribution < -0.4 is 16.0 Å². The molecule has 136 valence electrons. The van der Waals surface area contributed by atoms with Crippen LogP contribution in [0.15, 0.2) is 24.3 Å². The van der Waals surface area contributed by atoms with Crippen LogP contribution in [0.1, 0.15) is 49.7 Å². The second-order valence-electron chi connectivity index (χ2n) is 7.59. The molecule has 1 aromatic rings. The molecule has 2 fully saturated rings. The van der Waals surface area contributed by atoms with Crippen LogP contribution in [0.4, 0.5) is 4.79 Å². The van der Waals surface area contributed by atoms with Crippen LogP contribution in [-0.2, 0) is 10.2 Å². The van der Waals surface area contributed by atoms with Crippen molar-refractivity contribution in [1.29, 1.82) is 0 Å². The van der Waals surface area contributed by atoms with Gasteiger partial charge >= 0.3 is 6.03 Å². The Morgan fingerprint density at radius 1 is 1.12 bits per heavy atom. The van der Waals surface area contributed by atoms with Gasteiger partial charge in [-0.25, -0.2) is 4.79 Å². The summed E-state index contributed by atoms with van der Waals surface area (Å²) in [7, 11) is 1.68. The van der Waals surface area contributed by atoms with E-state index in [1.54, 1.807) is 7.05 Å². The van der Waals surface area contributed by atoms with E-state index < -0.39 is 0 Å². The smallest absolute Gasteiger partial charge is 0.315 e. The molecule has 0 radical (unpaired) electrons. The Labute approximate surface area is 150 Å². The fourth-order valence-corrected chi connectivity index (χ4v) is 4.05. The van der Waals surface area contributed by atoms with Gasteiger partial charge in [-0.2, -0.15) is 0 Å². The van der Waals surface area contributed by atoms with Gasteiger partial charge in [0.1, 0.15) is 0 Å². The first kappa shape index (κ1) is 17.8. The zero-order valence-electron chi connectivity index (χ0n) is 15.2. The first-order chi connectivity index (χ1) is 12.0. The second kappa shape index (κ2) is 7.46. The number of urea groups is 1. The molecule has 5 nitrogen and oxygen atoms in total. The first-order valence-electron chi connectivity index (χ1n) is 9.36. The van der Waals surface area contributed by atoms with Crippen LogP contribution in [0.5, 0.6) is 0 Å². The molecule has 0 heterocycles. The number of benzene rings is 1. The van der Waals surface area contributed by atoms with Gasteiger partial charge < -0.3 is 16.0 Å². The van der Waals surface area contributed by atoms with Gasteiger partial charge in [0.2, 0.25) is 5.91 Å². The summed E-state index contributed by atoms with van der Waals surface area (Å²) in [5.74, 6) is 0.221. The number of nitrogens with one attached hydrogen (secondary N) is 3. The molecule has 5 heteroatoms. The third-order valence-electron chi connectivity index (χ3n) is 5.84. The Morgan fingerprint density at radius 2 is 1.80 bits per heavy atom. The Balaban J connectivity index is 1.45. The zero-order chi connectivity index (χ0) is 17.9. The van der Waals surface area contributed by atoms with E-state index >= 15 is 0 Å². The largest absolute Gasteiger partial charge is 0.359 e. The minimum absolute atomic E-state index is 0.0803. The van der Waals surface area contributed by atoms with Gasteiger partial charge in [-0.15, -0.1) is 0 Å². The Morgan fingerprint density at radius 3 is 2.40 bits per heavy atom. The van der Waals surface area contributed by atoms with Gasteiger partial charge in [-0.3, -0.25) is 4.79 Å². The van der Waals surface area contributed by atoms with E-state index in [9.17, 15) is 9.59 Å². The minimum atomic E-state index is -0.0803. The fourth-order valence-electron chi connectivity index (χ4n) is 4.05. The topological polar surface area (TPSA) is 70.2 Å². The van der Waals surface area contributed by atoms with E-state index in [2.05, 4.69) is 47.1 Å². The maximum atomic E-state index is 12.3. The minimum Gasteiger partial charge on any atom is -0.359 e. The fraction of sp³-hybridized carbons (Fsp3) is 0.600. The number of hydrogen-bond donors (Lipinski definition) is 3. The van der Waals surface area contributed by atoms with Gasteiger partial charge in [0.15, 0.2) is 0 Å². The lowest BCUT2D eigenvalue weighted by Crippen LogP contribution is -2.46. The average molecular weight is 343 g/mol. The molecule has 3 rings (SSSR count). The number of carbonyl (C=O) groups is 2. The molecular formula is C20H29N3O2. The van der Waals surface area contributed by atoms with Crippen LogP contribution in [-0.4, -0.2) is 31.6 Å². The monoisotopic (exact) mass is 343 g/mol. The van der Waals surface area contributed by atoms with Crippen molar-refractivity contribution >= 4 is 11.9 Å². The van der Waals surface area contributed by atoms with Crippen molar-refractivity contribution < 1.29 is 9.59 Å². The molecule has 0 unspecified atom stereocenters. The predicted molar refractivity (Wildman–Crippen MR) is 98.4 cm³/mol. The molecule has 1 aromatic carbocycles. The van der Waals surface area contributed by atoms with Crippen molar-refractivity contribution in [1.82, 2.24) is 16.0 Å². The van der Waals surface area contributed by atoms with Gasteiger partial charge in [-0.1, -0.05) is 24.3 Å². The number of rotatable bonds is 5. The SMILES string of the molecule is CNC(=O)C1CCC(NC(=O)NCC2(c3ccccc3C)CC2)CC1. The molecule has 0 spiro atoms. The maximum Gasteiger partial charge on any atom is 0.315 e. The third-order valence-corrected chi connectivity index (χ3v) is 5.84. The lowest BCUT2D eigenvalue weighted by molar-refractivity contribution is -0.125. The van der Waals surface area contributed by atoms with Crippen molar-refractivity contribution in [2.24, 2.45) is 5.92 Å². The summed E-state index contributed by atoms with van der Waals surface area (Å²) in [6.45, 7) is 2.83. The third kappa shape index (κ3) is 4.14. The highest BCUT2D eigenvalue weighted by Crippen LogP contribution is 2.48. The lowest BCUT2D eigenvalue weighted by atomic mass is 9.85. The van der Waals surface area contributed by atoms with E-state index in [1.165, 1.54) is 11.1 Å². The highest BCUT2D eigenvalue weighted by molar-refractivity contribution is 5.78. The van der Waals surface area contributed by atoms with E-state index in [0.717, 1.165) is 38.5 Å². The van der Waals surface area contributed by atoms with Crippen LogP contribution in [0.3, 0.4) is 0 Å². The number of amides is 3.